The molecule has 33 heavy (non-hydrogen) atoms. The lowest BCUT2D eigenvalue weighted by Crippen LogP contribution is -2.31. The van der Waals surface area contributed by atoms with Gasteiger partial charge in [-0.3, -0.25) is 4.79 Å². The van der Waals surface area contributed by atoms with Crippen LogP contribution in [0.1, 0.15) is 59.1 Å². The second-order valence-corrected chi connectivity index (χ2v) is 10.7. The molecule has 1 aliphatic rings. The smallest absolute Gasteiger partial charge is 0.241 e. The van der Waals surface area contributed by atoms with Crippen molar-refractivity contribution in [2.24, 2.45) is 0 Å². The molecule has 2 aromatic rings. The van der Waals surface area contributed by atoms with Gasteiger partial charge in [0.05, 0.1) is 4.90 Å². The lowest BCUT2D eigenvalue weighted by Gasteiger charge is -2.27. The van der Waals surface area contributed by atoms with Gasteiger partial charge in [-0.25, -0.2) is 18.1 Å². The molecule has 2 N–H and O–H groups in total. The second kappa shape index (κ2) is 10.7. The second-order valence-electron chi connectivity index (χ2n) is 8.95. The third kappa shape index (κ3) is 5.92. The average molecular weight is 473 g/mol. The van der Waals surface area contributed by atoms with E-state index >= 15 is 0 Å². The molecule has 0 atom stereocenters. The van der Waals surface area contributed by atoms with Crippen molar-refractivity contribution < 1.29 is 13.2 Å². The number of anilines is 1. The van der Waals surface area contributed by atoms with Crippen molar-refractivity contribution in [3.8, 4) is 0 Å². The van der Waals surface area contributed by atoms with Crippen LogP contribution in [0.25, 0.3) is 0 Å². The molecule has 0 aliphatic carbocycles. The highest BCUT2D eigenvalue weighted by atomic mass is 32.2. The summed E-state index contributed by atoms with van der Waals surface area (Å²) in [4.78, 5) is 19.4. The molecule has 1 aliphatic heterocycles. The van der Waals surface area contributed by atoms with Crippen LogP contribution in [0.5, 0.6) is 0 Å². The van der Waals surface area contributed by atoms with E-state index in [0.717, 1.165) is 52.3 Å². The fourth-order valence-electron chi connectivity index (χ4n) is 4.36. The molecule has 0 unspecified atom stereocenters. The Balaban J connectivity index is 1.51. The molecule has 1 saturated heterocycles. The standard InChI is InChI=1S/C25H36N4O3S/c1-17-18(2)20(4)25(21(5)19(17)3)33(31,32)28-12-11-24(30)27-16-22-9-10-23(26-15-22)29-13-7-6-8-14-29/h9-10,15,28H,6-8,11-14,16H2,1-5H3,(H,27,30). The van der Waals surface area contributed by atoms with E-state index in [1.54, 1.807) is 6.20 Å². The van der Waals surface area contributed by atoms with E-state index in [9.17, 15) is 13.2 Å². The predicted octanol–water partition coefficient (Wildman–Crippen LogP) is 3.60. The van der Waals surface area contributed by atoms with Gasteiger partial charge < -0.3 is 10.2 Å². The van der Waals surface area contributed by atoms with E-state index in [4.69, 9.17) is 0 Å². The zero-order chi connectivity index (χ0) is 24.2. The summed E-state index contributed by atoms with van der Waals surface area (Å²) in [6.45, 7) is 12.1. The Morgan fingerprint density at radius 1 is 0.939 bits per heavy atom. The Morgan fingerprint density at radius 3 is 2.12 bits per heavy atom. The molecule has 3 rings (SSSR count). The first kappa shape index (κ1) is 25.2. The van der Waals surface area contributed by atoms with Crippen LogP contribution < -0.4 is 14.9 Å². The molecule has 8 heteroatoms. The number of pyridine rings is 1. The minimum Gasteiger partial charge on any atom is -0.357 e. The third-order valence-corrected chi connectivity index (χ3v) is 8.56. The minimum atomic E-state index is -3.71. The van der Waals surface area contributed by atoms with Gasteiger partial charge >= 0.3 is 0 Å². The van der Waals surface area contributed by atoms with Gasteiger partial charge in [0.1, 0.15) is 5.82 Å². The maximum Gasteiger partial charge on any atom is 0.241 e. The summed E-state index contributed by atoms with van der Waals surface area (Å²) in [7, 11) is -3.71. The van der Waals surface area contributed by atoms with Crippen LogP contribution in [0.4, 0.5) is 5.82 Å². The lowest BCUT2D eigenvalue weighted by atomic mass is 9.95. The first-order valence-corrected chi connectivity index (χ1v) is 13.1. The number of nitrogens with zero attached hydrogens (tertiary/aromatic N) is 2. The molecular weight excluding hydrogens is 436 g/mol. The lowest BCUT2D eigenvalue weighted by molar-refractivity contribution is -0.121. The molecular formula is C25H36N4O3S. The molecule has 1 amide bonds. The number of carbonyl (C=O) groups is 1. The van der Waals surface area contributed by atoms with Gasteiger partial charge in [-0.15, -0.1) is 0 Å². The molecule has 1 aromatic heterocycles. The Bertz CT molecular complexity index is 1080. The first-order valence-electron chi connectivity index (χ1n) is 11.6. The molecule has 2 heterocycles. The maximum absolute atomic E-state index is 13.0. The zero-order valence-corrected chi connectivity index (χ0v) is 21.2. The van der Waals surface area contributed by atoms with E-state index in [1.165, 1.54) is 19.3 Å². The number of aromatic nitrogens is 1. The van der Waals surface area contributed by atoms with Crippen molar-refractivity contribution in [1.82, 2.24) is 15.0 Å². The monoisotopic (exact) mass is 472 g/mol. The van der Waals surface area contributed by atoms with E-state index in [-0.39, 0.29) is 18.9 Å². The number of piperidine rings is 1. The summed E-state index contributed by atoms with van der Waals surface area (Å²) < 4.78 is 28.5. The van der Waals surface area contributed by atoms with Crippen molar-refractivity contribution in [2.75, 3.05) is 24.5 Å². The SMILES string of the molecule is Cc1c(C)c(C)c(S(=O)(=O)NCCC(=O)NCc2ccc(N3CCCCC3)nc2)c(C)c1C. The summed E-state index contributed by atoms with van der Waals surface area (Å²) in [5.41, 5.74) is 5.51. The summed E-state index contributed by atoms with van der Waals surface area (Å²) in [6.07, 6.45) is 5.54. The topological polar surface area (TPSA) is 91.4 Å². The normalized spacial score (nSPS) is 14.4. The van der Waals surface area contributed by atoms with Crippen molar-refractivity contribution >= 4 is 21.7 Å². The minimum absolute atomic E-state index is 0.0468. The summed E-state index contributed by atoms with van der Waals surface area (Å²) in [5.74, 6) is 0.772. The summed E-state index contributed by atoms with van der Waals surface area (Å²) in [6, 6.07) is 3.98. The number of amides is 1. The summed E-state index contributed by atoms with van der Waals surface area (Å²) >= 11 is 0. The van der Waals surface area contributed by atoms with Crippen LogP contribution in [0.2, 0.25) is 0 Å². The molecule has 0 spiro atoms. The van der Waals surface area contributed by atoms with Crippen LogP contribution in [0.3, 0.4) is 0 Å². The maximum atomic E-state index is 13.0. The molecule has 7 nitrogen and oxygen atoms in total. The van der Waals surface area contributed by atoms with Crippen LogP contribution in [0.15, 0.2) is 23.2 Å². The van der Waals surface area contributed by atoms with Crippen molar-refractivity contribution in [3.05, 3.63) is 51.7 Å². The summed E-state index contributed by atoms with van der Waals surface area (Å²) in [5, 5.41) is 2.85. The molecule has 0 radical (unpaired) electrons. The van der Waals surface area contributed by atoms with Gasteiger partial charge in [-0.1, -0.05) is 6.07 Å². The highest BCUT2D eigenvalue weighted by Gasteiger charge is 2.23. The number of hydrogen-bond donors (Lipinski definition) is 2. The highest BCUT2D eigenvalue weighted by molar-refractivity contribution is 7.89. The molecule has 0 saturated carbocycles. The number of benzene rings is 1. The Labute approximate surface area is 198 Å². The van der Waals surface area contributed by atoms with Gasteiger partial charge in [0.2, 0.25) is 15.9 Å². The third-order valence-electron chi connectivity index (χ3n) is 6.82. The Kier molecular flexibility index (Phi) is 8.13. The van der Waals surface area contributed by atoms with Crippen molar-refractivity contribution in [3.63, 3.8) is 0 Å². The van der Waals surface area contributed by atoms with Crippen LogP contribution in [-0.4, -0.2) is 38.9 Å². The van der Waals surface area contributed by atoms with E-state index in [0.29, 0.717) is 11.4 Å². The Morgan fingerprint density at radius 2 is 1.55 bits per heavy atom. The van der Waals surface area contributed by atoms with Crippen LogP contribution >= 0.6 is 0 Å². The first-order chi connectivity index (χ1) is 15.6. The van der Waals surface area contributed by atoms with E-state index in [1.807, 2.05) is 46.8 Å². The van der Waals surface area contributed by atoms with E-state index < -0.39 is 10.0 Å². The number of rotatable bonds is 8. The van der Waals surface area contributed by atoms with Gasteiger partial charge in [0, 0.05) is 38.8 Å². The number of hydrogen-bond acceptors (Lipinski definition) is 5. The number of carbonyl (C=O) groups excluding carboxylic acids is 1. The predicted molar refractivity (Wildman–Crippen MR) is 132 cm³/mol. The quantitative estimate of drug-likeness (QED) is 0.613. The van der Waals surface area contributed by atoms with Crippen molar-refractivity contribution in [2.45, 2.75) is 71.7 Å². The molecule has 1 fully saturated rings. The average Bonchev–Trinajstić information content (AvgIpc) is 2.81. The fourth-order valence-corrected chi connectivity index (χ4v) is 5.99. The van der Waals surface area contributed by atoms with Crippen molar-refractivity contribution in [1.29, 1.82) is 0 Å². The zero-order valence-electron chi connectivity index (χ0n) is 20.4. The number of sulfonamides is 1. The number of nitrogens with one attached hydrogen (secondary N) is 2. The van der Waals surface area contributed by atoms with E-state index in [2.05, 4.69) is 19.9 Å². The van der Waals surface area contributed by atoms with Gasteiger partial charge in [-0.05, 0) is 93.3 Å². The fraction of sp³-hybridized carbons (Fsp3) is 0.520. The van der Waals surface area contributed by atoms with Gasteiger partial charge in [0.15, 0.2) is 0 Å². The highest BCUT2D eigenvalue weighted by Crippen LogP contribution is 2.29. The van der Waals surface area contributed by atoms with Crippen LogP contribution in [0, 0.1) is 34.6 Å². The molecule has 180 valence electrons. The largest absolute Gasteiger partial charge is 0.357 e. The molecule has 0 bridgehead atoms. The van der Waals surface area contributed by atoms with Crippen LogP contribution in [-0.2, 0) is 21.4 Å². The van der Waals surface area contributed by atoms with Gasteiger partial charge in [-0.2, -0.15) is 0 Å². The molecule has 1 aromatic carbocycles. The van der Waals surface area contributed by atoms with Gasteiger partial charge in [0.25, 0.3) is 0 Å². The Hall–Kier alpha value is -2.45.